The Morgan fingerprint density at radius 3 is 2.82 bits per heavy atom. The Morgan fingerprint density at radius 1 is 1.13 bits per heavy atom. The van der Waals surface area contributed by atoms with Crippen molar-refractivity contribution in [3.8, 4) is 11.5 Å². The predicted molar refractivity (Wildman–Crippen MR) is 162 cm³/mol. The zero-order chi connectivity index (χ0) is 25.4. The Bertz CT molecular complexity index is 1610. The summed E-state index contributed by atoms with van der Waals surface area (Å²) in [4.78, 5) is 22.8. The lowest BCUT2D eigenvalue weighted by Crippen LogP contribution is -2.41. The molecule has 5 aromatic rings. The topological polar surface area (TPSA) is 98.3 Å². The number of amides is 1. The summed E-state index contributed by atoms with van der Waals surface area (Å²) in [5.41, 5.74) is 8.09. The summed E-state index contributed by atoms with van der Waals surface area (Å²) in [6.45, 7) is 2.29. The molecule has 12 heteroatoms. The Balaban J connectivity index is 0.00000176. The molecule has 0 spiro atoms. The molecule has 3 N–H and O–H groups in total. The molecule has 0 bridgehead atoms. The fourth-order valence-electron chi connectivity index (χ4n) is 4.89. The van der Waals surface area contributed by atoms with E-state index in [1.165, 1.54) is 5.39 Å². The molecule has 1 saturated heterocycles. The molecule has 4 heterocycles. The predicted octanol–water partition coefficient (Wildman–Crippen LogP) is 6.63. The van der Waals surface area contributed by atoms with Crippen molar-refractivity contribution in [2.24, 2.45) is 5.73 Å². The molecule has 1 aliphatic rings. The van der Waals surface area contributed by atoms with Gasteiger partial charge in [0, 0.05) is 29.7 Å². The van der Waals surface area contributed by atoms with Gasteiger partial charge < -0.3 is 20.4 Å². The van der Waals surface area contributed by atoms with E-state index in [2.05, 4.69) is 36.2 Å². The smallest absolute Gasteiger partial charge is 0.234 e. The minimum Gasteiger partial charge on any atom is -0.456 e. The monoisotopic (exact) mass is 604 g/mol. The highest BCUT2D eigenvalue weighted by atomic mass is 35.5. The molecule has 6 rings (SSSR count). The van der Waals surface area contributed by atoms with Crippen molar-refractivity contribution in [3.05, 3.63) is 71.5 Å². The third-order valence-electron chi connectivity index (χ3n) is 6.72. The van der Waals surface area contributed by atoms with E-state index in [0.29, 0.717) is 23.1 Å². The number of carbonyl (C=O) groups excluding carboxylic acids is 1. The van der Waals surface area contributed by atoms with Crippen LogP contribution in [-0.4, -0.2) is 44.5 Å². The van der Waals surface area contributed by atoms with Crippen molar-refractivity contribution in [2.75, 3.05) is 18.4 Å². The number of hydrogen-bond acceptors (Lipinski definition) is 7. The first-order valence-corrected chi connectivity index (χ1v) is 13.4. The van der Waals surface area contributed by atoms with Gasteiger partial charge in [0.1, 0.15) is 23.3 Å². The second kappa shape index (κ2) is 12.4. The van der Waals surface area contributed by atoms with Crippen LogP contribution in [0.5, 0.6) is 11.5 Å². The second-order valence-corrected chi connectivity index (χ2v) is 10.4. The molecule has 0 radical (unpaired) electrons. The van der Waals surface area contributed by atoms with E-state index >= 15 is 0 Å². The summed E-state index contributed by atoms with van der Waals surface area (Å²) in [7, 11) is 0. The molecule has 3 aromatic heterocycles. The molecule has 1 amide bonds. The maximum atomic E-state index is 11.8. The first kappa shape index (κ1) is 28.9. The van der Waals surface area contributed by atoms with Crippen LogP contribution in [0.25, 0.3) is 21.1 Å². The molecule has 1 atom stereocenters. The van der Waals surface area contributed by atoms with Crippen LogP contribution in [0, 0.1) is 0 Å². The summed E-state index contributed by atoms with van der Waals surface area (Å²) in [5.74, 6) is 1.74. The van der Waals surface area contributed by atoms with Crippen molar-refractivity contribution >= 4 is 86.3 Å². The minimum atomic E-state index is -0.253. The highest BCUT2D eigenvalue weighted by Gasteiger charge is 2.28. The van der Waals surface area contributed by atoms with Crippen LogP contribution in [0.3, 0.4) is 0 Å². The van der Waals surface area contributed by atoms with E-state index in [1.807, 2.05) is 48.7 Å². The summed E-state index contributed by atoms with van der Waals surface area (Å²) in [6, 6.07) is 15.4. The number of nitrogens with two attached hydrogens (primary N) is 1. The van der Waals surface area contributed by atoms with Crippen LogP contribution in [0.4, 0.5) is 11.5 Å². The van der Waals surface area contributed by atoms with Gasteiger partial charge in [-0.2, -0.15) is 0 Å². The van der Waals surface area contributed by atoms with Gasteiger partial charge in [-0.25, -0.2) is 9.97 Å². The normalized spacial score (nSPS) is 15.2. The van der Waals surface area contributed by atoms with Gasteiger partial charge in [0.2, 0.25) is 5.91 Å². The van der Waals surface area contributed by atoms with Gasteiger partial charge >= 0.3 is 0 Å². The first-order chi connectivity index (χ1) is 18.0. The summed E-state index contributed by atoms with van der Waals surface area (Å²) >= 11 is 8.26. The molecule has 0 aliphatic carbocycles. The van der Waals surface area contributed by atoms with E-state index in [1.54, 1.807) is 17.7 Å². The Morgan fingerprint density at radius 2 is 2.00 bits per heavy atom. The number of likely N-dealkylation sites (tertiary alicyclic amines) is 1. The number of primary amides is 1. The van der Waals surface area contributed by atoms with Crippen LogP contribution in [0.15, 0.2) is 66.4 Å². The third-order valence-corrected chi connectivity index (χ3v) is 7.90. The van der Waals surface area contributed by atoms with Gasteiger partial charge in [0.15, 0.2) is 5.82 Å². The lowest BCUT2D eigenvalue weighted by atomic mass is 10.2. The van der Waals surface area contributed by atoms with Crippen LogP contribution >= 0.6 is 47.8 Å². The van der Waals surface area contributed by atoms with Crippen molar-refractivity contribution in [3.63, 3.8) is 0 Å². The number of aromatic nitrogens is 3. The molecular weight excluding hydrogens is 579 g/mol. The number of thiophene rings is 1. The van der Waals surface area contributed by atoms with E-state index < -0.39 is 0 Å². The van der Waals surface area contributed by atoms with Gasteiger partial charge in [-0.05, 0) is 78.7 Å². The second-order valence-electron chi connectivity index (χ2n) is 9.05. The zero-order valence-electron chi connectivity index (χ0n) is 20.7. The fraction of sp³-hybridized carbons (Fsp3) is 0.222. The first-order valence-electron chi connectivity index (χ1n) is 12.1. The molecule has 1 aliphatic heterocycles. The number of nitrogens with zero attached hydrogens (tertiary/aromatic N) is 4. The molecule has 1 fully saturated rings. The van der Waals surface area contributed by atoms with Crippen molar-refractivity contribution in [1.29, 1.82) is 0 Å². The minimum absolute atomic E-state index is 0. The molecule has 0 unspecified atom stereocenters. The number of hydrogen-bond donors (Lipinski definition) is 2. The summed E-state index contributed by atoms with van der Waals surface area (Å²) in [5, 5.41) is 7.13. The number of halogens is 3. The molecule has 0 saturated carbocycles. The third kappa shape index (κ3) is 6.08. The lowest BCUT2D eigenvalue weighted by molar-refractivity contribution is -0.122. The fourth-order valence-corrected chi connectivity index (χ4v) is 5.92. The number of ether oxygens (including phenoxy) is 1. The van der Waals surface area contributed by atoms with Crippen LogP contribution < -0.4 is 15.8 Å². The van der Waals surface area contributed by atoms with Gasteiger partial charge in [-0.15, -0.1) is 36.2 Å². The van der Waals surface area contributed by atoms with Gasteiger partial charge in [-0.1, -0.05) is 11.6 Å². The average Bonchev–Trinajstić information content (AvgIpc) is 3.64. The molecule has 204 valence electrons. The molecule has 8 nitrogen and oxygen atoms in total. The number of anilines is 2. The van der Waals surface area contributed by atoms with Crippen molar-refractivity contribution in [1.82, 2.24) is 19.4 Å². The maximum Gasteiger partial charge on any atom is 0.234 e. The maximum absolute atomic E-state index is 11.8. The van der Waals surface area contributed by atoms with E-state index in [9.17, 15) is 4.79 Å². The van der Waals surface area contributed by atoms with Gasteiger partial charge in [0.25, 0.3) is 0 Å². The molecule has 2 aromatic carbocycles. The van der Waals surface area contributed by atoms with Crippen molar-refractivity contribution < 1.29 is 9.53 Å². The zero-order valence-corrected chi connectivity index (χ0v) is 24.0. The van der Waals surface area contributed by atoms with Crippen LogP contribution in [-0.2, 0) is 11.3 Å². The molecule has 39 heavy (non-hydrogen) atoms. The van der Waals surface area contributed by atoms with E-state index in [-0.39, 0.29) is 36.8 Å². The molecular formula is C27H27Cl3N6O2S. The number of rotatable bonds is 8. The van der Waals surface area contributed by atoms with E-state index in [0.717, 1.165) is 53.1 Å². The largest absolute Gasteiger partial charge is 0.456 e. The Hall–Kier alpha value is -3.08. The Kier molecular flexibility index (Phi) is 9.19. The van der Waals surface area contributed by atoms with Crippen LogP contribution in [0.1, 0.15) is 12.8 Å². The van der Waals surface area contributed by atoms with Gasteiger partial charge in [0.05, 0.1) is 16.6 Å². The number of fused-ring (bicyclic) bond motifs is 2. The van der Waals surface area contributed by atoms with E-state index in [4.69, 9.17) is 22.1 Å². The highest BCUT2D eigenvalue weighted by molar-refractivity contribution is 7.17. The van der Waals surface area contributed by atoms with Crippen molar-refractivity contribution in [2.45, 2.75) is 25.4 Å². The lowest BCUT2D eigenvalue weighted by Gasteiger charge is -2.22. The van der Waals surface area contributed by atoms with Gasteiger partial charge in [-0.3, -0.25) is 9.69 Å². The number of nitrogens with one attached hydrogen (secondary N) is 1. The summed E-state index contributed by atoms with van der Waals surface area (Å²) in [6.07, 6.45) is 5.34. The number of carbonyl (C=O) groups is 1. The standard InChI is InChI=1S/C27H25ClN6O2S.2ClH/c28-20-14-18(4-6-23(20)36-19-5-3-17-8-13-37-24(17)15-19)32-27-25-21(30-16-31-27)7-10-34(25)12-11-33-9-1-2-22(33)26(29)35;;/h3-8,10,13-16,22H,1-2,9,11-12H2,(H2,29,35)(H,30,31,32);2*1H/t22-;;/m0../s1. The quantitative estimate of drug-likeness (QED) is 0.206. The van der Waals surface area contributed by atoms with Crippen LogP contribution in [0.2, 0.25) is 5.02 Å². The number of benzene rings is 2. The summed E-state index contributed by atoms with van der Waals surface area (Å²) < 4.78 is 9.32. The average molecular weight is 606 g/mol. The highest BCUT2D eigenvalue weighted by Crippen LogP contribution is 2.35. The Labute approximate surface area is 246 Å². The SMILES string of the molecule is Cl.Cl.NC(=O)[C@@H]1CCCN1CCn1ccc2ncnc(Nc3ccc(Oc4ccc5ccsc5c4)c(Cl)c3)c21.